The summed E-state index contributed by atoms with van der Waals surface area (Å²) in [7, 11) is 0. The third kappa shape index (κ3) is 3.51. The van der Waals surface area contributed by atoms with Gasteiger partial charge in [-0.3, -0.25) is 13.9 Å². The molecular formula is C19H20ClN3O2. The Balaban J connectivity index is 2.21. The van der Waals surface area contributed by atoms with E-state index < -0.39 is 0 Å². The van der Waals surface area contributed by atoms with Crippen molar-refractivity contribution in [2.45, 2.75) is 33.4 Å². The van der Waals surface area contributed by atoms with Gasteiger partial charge >= 0.3 is 5.69 Å². The molecule has 0 amide bonds. The van der Waals surface area contributed by atoms with Crippen LogP contribution >= 0.6 is 11.6 Å². The maximum absolute atomic E-state index is 13.0. The van der Waals surface area contributed by atoms with Crippen LogP contribution in [0.1, 0.15) is 25.8 Å². The second-order valence-corrected chi connectivity index (χ2v) is 6.88. The first-order valence-corrected chi connectivity index (χ1v) is 8.68. The number of rotatable bonds is 5. The number of nitrogens with zero attached hydrogens (tertiary/aromatic N) is 3. The predicted molar refractivity (Wildman–Crippen MR) is 100 cm³/mol. The average Bonchev–Trinajstić information content (AvgIpc) is 2.60. The summed E-state index contributed by atoms with van der Waals surface area (Å²) < 4.78 is 2.83. The van der Waals surface area contributed by atoms with Gasteiger partial charge in [-0.05, 0) is 36.1 Å². The number of halogens is 1. The Labute approximate surface area is 150 Å². The first-order valence-electron chi connectivity index (χ1n) is 8.31. The van der Waals surface area contributed by atoms with Crippen LogP contribution in [0.25, 0.3) is 11.0 Å². The normalized spacial score (nSPS) is 11.4. The summed E-state index contributed by atoms with van der Waals surface area (Å²) in [5.41, 5.74) is 0.562. The lowest BCUT2D eigenvalue weighted by atomic mass is 10.1. The molecule has 0 aliphatic rings. The van der Waals surface area contributed by atoms with Gasteiger partial charge in [0.25, 0.3) is 5.56 Å². The van der Waals surface area contributed by atoms with Crippen LogP contribution in [0.5, 0.6) is 0 Å². The first-order chi connectivity index (χ1) is 12.0. The third-order valence-corrected chi connectivity index (χ3v) is 4.56. The van der Waals surface area contributed by atoms with Crippen molar-refractivity contribution in [2.75, 3.05) is 0 Å². The van der Waals surface area contributed by atoms with Crippen LogP contribution < -0.4 is 11.2 Å². The van der Waals surface area contributed by atoms with Crippen molar-refractivity contribution in [2.24, 2.45) is 5.92 Å². The number of aromatic nitrogens is 3. The summed E-state index contributed by atoms with van der Waals surface area (Å²) in [6, 6.07) is 10.8. The van der Waals surface area contributed by atoms with Crippen molar-refractivity contribution in [1.82, 2.24) is 14.1 Å². The molecule has 3 aromatic rings. The summed E-state index contributed by atoms with van der Waals surface area (Å²) in [5.74, 6) is 0.396. The SMILES string of the molecule is CC(C)CCn1c(=O)c2cccnc2n(Cc2ccccc2Cl)c1=O. The van der Waals surface area contributed by atoms with Crippen LogP contribution in [0.3, 0.4) is 0 Å². The molecule has 0 aliphatic carbocycles. The lowest BCUT2D eigenvalue weighted by Crippen LogP contribution is -2.40. The Morgan fingerprint density at radius 3 is 2.56 bits per heavy atom. The van der Waals surface area contributed by atoms with Gasteiger partial charge < -0.3 is 0 Å². The van der Waals surface area contributed by atoms with Gasteiger partial charge in [-0.1, -0.05) is 43.6 Å². The third-order valence-electron chi connectivity index (χ3n) is 4.20. The Bertz CT molecular complexity index is 1020. The van der Waals surface area contributed by atoms with Crippen molar-refractivity contribution >= 4 is 22.6 Å². The molecule has 0 atom stereocenters. The standard InChI is InChI=1S/C19H20ClN3O2/c1-13(2)9-11-22-18(24)15-7-5-10-21-17(15)23(19(22)25)12-14-6-3-4-8-16(14)20/h3-8,10,13H,9,11-12H2,1-2H3. The largest absolute Gasteiger partial charge is 0.332 e. The van der Waals surface area contributed by atoms with E-state index in [0.29, 0.717) is 28.5 Å². The molecule has 5 nitrogen and oxygen atoms in total. The highest BCUT2D eigenvalue weighted by atomic mass is 35.5. The summed E-state index contributed by atoms with van der Waals surface area (Å²) in [6.45, 7) is 4.79. The van der Waals surface area contributed by atoms with Crippen LogP contribution in [-0.2, 0) is 13.1 Å². The molecule has 6 heteroatoms. The van der Waals surface area contributed by atoms with E-state index in [1.54, 1.807) is 24.4 Å². The summed E-state index contributed by atoms with van der Waals surface area (Å²) in [4.78, 5) is 30.0. The molecule has 0 unspecified atom stereocenters. The fourth-order valence-corrected chi connectivity index (χ4v) is 2.97. The summed E-state index contributed by atoms with van der Waals surface area (Å²) in [6.07, 6.45) is 2.34. The number of hydrogen-bond acceptors (Lipinski definition) is 3. The molecule has 3 rings (SSSR count). The van der Waals surface area contributed by atoms with E-state index in [4.69, 9.17) is 11.6 Å². The van der Waals surface area contributed by atoms with Crippen LogP contribution in [-0.4, -0.2) is 14.1 Å². The van der Waals surface area contributed by atoms with Gasteiger partial charge in [-0.25, -0.2) is 9.78 Å². The van der Waals surface area contributed by atoms with Crippen molar-refractivity contribution < 1.29 is 0 Å². The Kier molecular flexibility index (Phi) is 5.04. The highest BCUT2D eigenvalue weighted by molar-refractivity contribution is 6.31. The molecule has 0 bridgehead atoms. The van der Waals surface area contributed by atoms with Crippen LogP contribution in [0.4, 0.5) is 0 Å². The zero-order valence-corrected chi connectivity index (χ0v) is 15.0. The quantitative estimate of drug-likeness (QED) is 0.704. The second kappa shape index (κ2) is 7.23. The minimum Gasteiger partial charge on any atom is -0.273 e. The topological polar surface area (TPSA) is 56.9 Å². The van der Waals surface area contributed by atoms with Gasteiger partial charge in [0, 0.05) is 17.8 Å². The van der Waals surface area contributed by atoms with Gasteiger partial charge in [0.15, 0.2) is 0 Å². The predicted octanol–water partition coefficient (Wildman–Crippen LogP) is 3.31. The van der Waals surface area contributed by atoms with Gasteiger partial charge in [0.1, 0.15) is 5.65 Å². The molecule has 2 aromatic heterocycles. The van der Waals surface area contributed by atoms with E-state index in [-0.39, 0.29) is 17.8 Å². The molecule has 0 radical (unpaired) electrons. The molecule has 25 heavy (non-hydrogen) atoms. The van der Waals surface area contributed by atoms with E-state index in [1.165, 1.54) is 9.13 Å². The number of hydrogen-bond donors (Lipinski definition) is 0. The van der Waals surface area contributed by atoms with Gasteiger partial charge in [-0.15, -0.1) is 0 Å². The molecule has 0 spiro atoms. The van der Waals surface area contributed by atoms with Crippen LogP contribution in [0, 0.1) is 5.92 Å². The van der Waals surface area contributed by atoms with Crippen LogP contribution in [0.15, 0.2) is 52.2 Å². The maximum Gasteiger partial charge on any atom is 0.332 e. The Hall–Kier alpha value is -2.40. The molecule has 2 heterocycles. The molecular weight excluding hydrogens is 338 g/mol. The molecule has 0 saturated heterocycles. The first kappa shape index (κ1) is 17.4. The number of benzene rings is 1. The zero-order chi connectivity index (χ0) is 18.0. The molecule has 0 fully saturated rings. The van der Waals surface area contributed by atoms with Gasteiger partial charge in [0.2, 0.25) is 0 Å². The van der Waals surface area contributed by atoms with E-state index in [1.807, 2.05) is 18.2 Å². The van der Waals surface area contributed by atoms with E-state index in [2.05, 4.69) is 18.8 Å². The van der Waals surface area contributed by atoms with E-state index in [0.717, 1.165) is 12.0 Å². The van der Waals surface area contributed by atoms with E-state index in [9.17, 15) is 9.59 Å². The van der Waals surface area contributed by atoms with E-state index >= 15 is 0 Å². The highest BCUT2D eigenvalue weighted by Crippen LogP contribution is 2.17. The van der Waals surface area contributed by atoms with Gasteiger partial charge in [-0.2, -0.15) is 0 Å². The lowest BCUT2D eigenvalue weighted by molar-refractivity contribution is 0.485. The lowest BCUT2D eigenvalue weighted by Gasteiger charge is -2.14. The van der Waals surface area contributed by atoms with Crippen LogP contribution in [0.2, 0.25) is 5.02 Å². The minimum atomic E-state index is -0.350. The monoisotopic (exact) mass is 357 g/mol. The summed E-state index contributed by atoms with van der Waals surface area (Å²) >= 11 is 6.25. The second-order valence-electron chi connectivity index (χ2n) is 6.47. The van der Waals surface area contributed by atoms with Crippen molar-refractivity contribution in [3.05, 3.63) is 74.0 Å². The average molecular weight is 358 g/mol. The molecule has 1 aromatic carbocycles. The fraction of sp³-hybridized carbons (Fsp3) is 0.316. The highest BCUT2D eigenvalue weighted by Gasteiger charge is 2.15. The number of pyridine rings is 1. The fourth-order valence-electron chi connectivity index (χ4n) is 2.77. The van der Waals surface area contributed by atoms with Crippen molar-refractivity contribution in [3.8, 4) is 0 Å². The van der Waals surface area contributed by atoms with Crippen molar-refractivity contribution in [3.63, 3.8) is 0 Å². The Morgan fingerprint density at radius 2 is 1.84 bits per heavy atom. The molecule has 0 aliphatic heterocycles. The van der Waals surface area contributed by atoms with Crippen molar-refractivity contribution in [1.29, 1.82) is 0 Å². The smallest absolute Gasteiger partial charge is 0.273 e. The van der Waals surface area contributed by atoms with Gasteiger partial charge in [0.05, 0.1) is 11.9 Å². The number of fused-ring (bicyclic) bond motifs is 1. The maximum atomic E-state index is 13.0. The Morgan fingerprint density at radius 1 is 1.08 bits per heavy atom. The molecule has 0 saturated carbocycles. The minimum absolute atomic E-state index is 0.272. The molecule has 0 N–H and O–H groups in total. The molecule has 130 valence electrons. The zero-order valence-electron chi connectivity index (χ0n) is 14.3. The summed E-state index contributed by atoms with van der Waals surface area (Å²) in [5, 5.41) is 1.02.